The first-order chi connectivity index (χ1) is 24.4. The molecule has 2 aliphatic rings. The molecule has 0 saturated carbocycles. The normalized spacial score (nSPS) is 13.4. The molecular weight excluding hydrogens is 621 g/mol. The van der Waals surface area contributed by atoms with E-state index in [4.69, 9.17) is 32.9 Å². The average molecular weight is 631 g/mol. The van der Waals surface area contributed by atoms with Crippen molar-refractivity contribution >= 4 is 39.4 Å². The largest absolute Gasteiger partial charge is 0.270 e. The third kappa shape index (κ3) is 4.41. The Morgan fingerprint density at radius 3 is 1.26 bits per heavy atom. The van der Waals surface area contributed by atoms with E-state index in [1.54, 1.807) is 36.4 Å². The van der Waals surface area contributed by atoms with Gasteiger partial charge in [-0.2, -0.15) is 15.8 Å². The van der Waals surface area contributed by atoms with Crippen LogP contribution in [0.3, 0.4) is 0 Å². The minimum atomic E-state index is -0.237. The summed E-state index contributed by atoms with van der Waals surface area (Å²) in [5, 5.41) is 49.2. The van der Waals surface area contributed by atoms with Gasteiger partial charge in [-0.3, -0.25) is 14.5 Å². The highest BCUT2D eigenvalue weighted by Crippen LogP contribution is 2.60. The van der Waals surface area contributed by atoms with Gasteiger partial charge in [-0.1, -0.05) is 36.4 Å². The summed E-state index contributed by atoms with van der Waals surface area (Å²) in [6, 6.07) is 26.1. The van der Waals surface area contributed by atoms with Crippen molar-refractivity contribution in [2.75, 3.05) is 0 Å². The summed E-state index contributed by atoms with van der Waals surface area (Å²) in [7, 11) is 0. The molecule has 0 spiro atoms. The van der Waals surface area contributed by atoms with Gasteiger partial charge in [-0.05, 0) is 79.9 Å². The molecule has 0 heterocycles. The zero-order valence-corrected chi connectivity index (χ0v) is 25.2. The first-order valence-corrected chi connectivity index (χ1v) is 14.1. The quantitative estimate of drug-likeness (QED) is 0.160. The van der Waals surface area contributed by atoms with Crippen LogP contribution in [0.2, 0.25) is 0 Å². The molecule has 0 aromatic heterocycles. The fourth-order valence-electron chi connectivity index (χ4n) is 6.28. The van der Waals surface area contributed by atoms with Crippen molar-refractivity contribution in [1.82, 2.24) is 0 Å². The smallest absolute Gasteiger partial charge is 0.262 e. The summed E-state index contributed by atoms with van der Waals surface area (Å²) in [5.74, 6) is 0. The van der Waals surface area contributed by atoms with E-state index in [-0.39, 0.29) is 56.3 Å². The number of hydrogen-bond acceptors (Lipinski definition) is 5. The molecule has 6 rings (SSSR count). The number of nitriles is 5. The van der Waals surface area contributed by atoms with Crippen LogP contribution in [0.1, 0.15) is 38.9 Å². The van der Waals surface area contributed by atoms with E-state index >= 15 is 0 Å². The van der Waals surface area contributed by atoms with Gasteiger partial charge < -0.3 is 0 Å². The van der Waals surface area contributed by atoms with Crippen molar-refractivity contribution in [1.29, 1.82) is 26.3 Å². The van der Waals surface area contributed by atoms with Gasteiger partial charge in [0, 0.05) is 11.1 Å². The van der Waals surface area contributed by atoms with Gasteiger partial charge in [0.15, 0.2) is 11.4 Å². The van der Waals surface area contributed by atoms with Gasteiger partial charge in [0.25, 0.3) is 11.4 Å². The van der Waals surface area contributed by atoms with Crippen molar-refractivity contribution in [2.45, 2.75) is 0 Å². The van der Waals surface area contributed by atoms with Crippen LogP contribution in [0.4, 0.5) is 17.1 Å². The van der Waals surface area contributed by atoms with Crippen molar-refractivity contribution in [3.63, 3.8) is 0 Å². The lowest BCUT2D eigenvalue weighted by atomic mass is 9.87. The minimum Gasteiger partial charge on any atom is -0.262 e. The molecule has 220 valence electrons. The molecule has 0 N–H and O–H groups in total. The SMILES string of the molecule is [C-]#[N+]/C(C#N)=C1C2=C(/C(=C(\C#N)[N+]#[C-])c3cc(-c4cc([N+]#[C-])c([N+]#[C-])c([N+]#[C-])c4)ccc32)c2ccc(-c3cc(C#N)c(C#N)c(C#N)c3)cc2\1. The summed E-state index contributed by atoms with van der Waals surface area (Å²) < 4.78 is 0. The highest BCUT2D eigenvalue weighted by molar-refractivity contribution is 6.37. The molecule has 0 atom stereocenters. The Morgan fingerprint density at radius 2 is 0.920 bits per heavy atom. The Kier molecular flexibility index (Phi) is 7.48. The molecule has 4 aromatic carbocycles. The van der Waals surface area contributed by atoms with E-state index in [9.17, 15) is 26.3 Å². The van der Waals surface area contributed by atoms with Crippen LogP contribution in [0.15, 0.2) is 72.1 Å². The zero-order chi connectivity index (χ0) is 35.7. The highest BCUT2D eigenvalue weighted by Gasteiger charge is 2.40. The van der Waals surface area contributed by atoms with Crippen molar-refractivity contribution in [2.24, 2.45) is 0 Å². The summed E-state index contributed by atoms with van der Waals surface area (Å²) in [6.45, 7) is 38.3. The highest BCUT2D eigenvalue weighted by atomic mass is 14.8. The van der Waals surface area contributed by atoms with Crippen LogP contribution in [0, 0.1) is 89.5 Å². The lowest BCUT2D eigenvalue weighted by Crippen LogP contribution is -1.97. The van der Waals surface area contributed by atoms with Gasteiger partial charge >= 0.3 is 0 Å². The molecule has 0 fully saturated rings. The van der Waals surface area contributed by atoms with E-state index < -0.39 is 0 Å². The Balaban J connectivity index is 1.64. The Labute approximate surface area is 285 Å². The minimum absolute atomic E-state index is 0.0102. The van der Waals surface area contributed by atoms with Crippen LogP contribution in [0.5, 0.6) is 0 Å². The molecular formula is C40H10N10. The van der Waals surface area contributed by atoms with Crippen molar-refractivity contribution in [3.8, 4) is 52.6 Å². The third-order valence-electron chi connectivity index (χ3n) is 8.36. The van der Waals surface area contributed by atoms with Crippen LogP contribution >= 0.6 is 0 Å². The Morgan fingerprint density at radius 1 is 0.480 bits per heavy atom. The molecule has 0 amide bonds. The summed E-state index contributed by atoms with van der Waals surface area (Å²) in [4.78, 5) is 17.3. The van der Waals surface area contributed by atoms with E-state index in [1.165, 1.54) is 24.3 Å². The molecule has 0 saturated heterocycles. The average Bonchev–Trinajstić information content (AvgIpc) is 3.66. The lowest BCUT2D eigenvalue weighted by molar-refractivity contribution is 1.39. The first kappa shape index (κ1) is 31.0. The lowest BCUT2D eigenvalue weighted by Gasteiger charge is -2.16. The monoisotopic (exact) mass is 630 g/mol. The second kappa shape index (κ2) is 12.1. The van der Waals surface area contributed by atoms with E-state index in [0.717, 1.165) is 0 Å². The molecule has 10 nitrogen and oxygen atoms in total. The molecule has 0 aliphatic heterocycles. The molecule has 2 aliphatic carbocycles. The van der Waals surface area contributed by atoms with Crippen molar-refractivity contribution < 1.29 is 0 Å². The molecule has 4 aromatic rings. The molecule has 50 heavy (non-hydrogen) atoms. The number of fused-ring (bicyclic) bond motifs is 4. The standard InChI is InChI=1S/C40H10N10/c1-46-32-14-24(15-33(47-2)40(32)50-5)22-7-9-28-30(13-22)37(35(20-45)49-4)38-27-8-6-21(12-29(27)36(39(28)38)34(19-44)48-3)23-10-25(16-41)31(18-43)26(11-23)17-42/h6-15H/b36-34-,37-35+. The molecule has 0 radical (unpaired) electrons. The first-order valence-electron chi connectivity index (χ1n) is 14.1. The van der Waals surface area contributed by atoms with Crippen LogP contribution in [-0.2, 0) is 0 Å². The van der Waals surface area contributed by atoms with Crippen LogP contribution < -0.4 is 0 Å². The molecule has 0 bridgehead atoms. The number of nitrogens with zero attached hydrogens (tertiary/aromatic N) is 10. The van der Waals surface area contributed by atoms with Gasteiger partial charge in [0.1, 0.15) is 18.2 Å². The van der Waals surface area contributed by atoms with Gasteiger partial charge in [-0.15, -0.1) is 0 Å². The maximum Gasteiger partial charge on any atom is 0.270 e. The van der Waals surface area contributed by atoms with Crippen LogP contribution in [-0.4, -0.2) is 0 Å². The van der Waals surface area contributed by atoms with Crippen LogP contribution in [0.25, 0.3) is 68.8 Å². The van der Waals surface area contributed by atoms with Gasteiger partial charge in [-0.25, -0.2) is 20.2 Å². The summed E-state index contributed by atoms with van der Waals surface area (Å²) in [6.07, 6.45) is 0. The van der Waals surface area contributed by atoms with Gasteiger partial charge in [0.2, 0.25) is 5.69 Å². The molecule has 0 unspecified atom stereocenters. The molecule has 10 heteroatoms. The second-order valence-corrected chi connectivity index (χ2v) is 10.6. The van der Waals surface area contributed by atoms with Crippen molar-refractivity contribution in [3.05, 3.63) is 168 Å². The maximum absolute atomic E-state index is 10.1. The summed E-state index contributed by atoms with van der Waals surface area (Å²) >= 11 is 0. The predicted octanol–water partition coefficient (Wildman–Crippen LogP) is 9.53. The fourth-order valence-corrected chi connectivity index (χ4v) is 6.28. The second-order valence-electron chi connectivity index (χ2n) is 10.6. The number of benzene rings is 4. The number of hydrogen-bond donors (Lipinski definition) is 0. The van der Waals surface area contributed by atoms with E-state index in [0.29, 0.717) is 55.7 Å². The maximum atomic E-state index is 10.1. The predicted molar refractivity (Wildman–Crippen MR) is 182 cm³/mol. The third-order valence-corrected chi connectivity index (χ3v) is 8.36. The topological polar surface area (TPSA) is 141 Å². The Bertz CT molecular complexity index is 2560. The van der Waals surface area contributed by atoms with E-state index in [1.807, 2.05) is 30.3 Å². The fraction of sp³-hybridized carbons (Fsp3) is 0. The number of allylic oxidation sites excluding steroid dienone is 6. The Hall–Kier alpha value is -9.00. The van der Waals surface area contributed by atoms with Gasteiger partial charge in [0.05, 0.1) is 61.7 Å². The zero-order valence-electron chi connectivity index (χ0n) is 25.2. The number of rotatable bonds is 2. The summed E-state index contributed by atoms with van der Waals surface area (Å²) in [5.41, 5.74) is 5.01. The van der Waals surface area contributed by atoms with E-state index in [2.05, 4.69) is 24.2 Å².